The Morgan fingerprint density at radius 1 is 1.42 bits per heavy atom. The van der Waals surface area contributed by atoms with Crippen molar-refractivity contribution in [3.63, 3.8) is 0 Å². The van der Waals surface area contributed by atoms with Gasteiger partial charge in [0.2, 0.25) is 0 Å². The minimum Gasteiger partial charge on any atom is -0.324 e. The molecule has 1 aliphatic carbocycles. The smallest absolute Gasteiger partial charge is 0.0409 e. The van der Waals surface area contributed by atoms with Gasteiger partial charge in [0, 0.05) is 11.1 Å². The lowest BCUT2D eigenvalue weighted by molar-refractivity contribution is 0.713. The molecule has 0 heterocycles. The lowest BCUT2D eigenvalue weighted by Crippen LogP contribution is -2.04. The monoisotopic (exact) mass is 203 g/mol. The second kappa shape index (κ2) is 3.65. The summed E-state index contributed by atoms with van der Waals surface area (Å²) in [6, 6.07) is 6.20. The number of halogens is 2. The molecule has 0 unspecified atom stereocenters. The van der Waals surface area contributed by atoms with E-state index in [0.717, 1.165) is 17.9 Å². The first-order chi connectivity index (χ1) is 5.27. The highest BCUT2D eigenvalue weighted by molar-refractivity contribution is 6.30. The van der Waals surface area contributed by atoms with Gasteiger partial charge in [-0.15, -0.1) is 12.4 Å². The Bertz CT molecular complexity index is 286. The summed E-state index contributed by atoms with van der Waals surface area (Å²) < 4.78 is 0. The highest BCUT2D eigenvalue weighted by atomic mass is 35.5. The Labute approximate surface area is 83.3 Å². The van der Waals surface area contributed by atoms with Gasteiger partial charge in [-0.05, 0) is 36.1 Å². The lowest BCUT2D eigenvalue weighted by Gasteiger charge is -2.03. The zero-order chi connectivity index (χ0) is 7.84. The molecule has 0 fully saturated rings. The maximum Gasteiger partial charge on any atom is 0.0409 e. The lowest BCUT2D eigenvalue weighted by atomic mass is 10.1. The maximum atomic E-state index is 5.86. The molecule has 2 rings (SSSR count). The molecule has 0 saturated carbocycles. The molecule has 66 valence electrons. The van der Waals surface area contributed by atoms with Crippen LogP contribution in [0.2, 0.25) is 5.02 Å². The Kier molecular flexibility index (Phi) is 2.99. The van der Waals surface area contributed by atoms with E-state index in [1.54, 1.807) is 0 Å². The summed E-state index contributed by atoms with van der Waals surface area (Å²) in [4.78, 5) is 0. The topological polar surface area (TPSA) is 26.0 Å². The first-order valence-electron chi connectivity index (χ1n) is 3.81. The van der Waals surface area contributed by atoms with E-state index in [1.165, 1.54) is 11.1 Å². The summed E-state index contributed by atoms with van der Waals surface area (Å²) in [7, 11) is 0. The summed E-state index contributed by atoms with van der Waals surface area (Å²) in [5, 5.41) is 0.793. The Hall–Kier alpha value is -0.240. The van der Waals surface area contributed by atoms with Gasteiger partial charge in [-0.2, -0.15) is 0 Å². The zero-order valence-corrected chi connectivity index (χ0v) is 8.16. The van der Waals surface area contributed by atoms with Crippen LogP contribution in [-0.2, 0) is 6.42 Å². The van der Waals surface area contributed by atoms with Crippen LogP contribution < -0.4 is 5.73 Å². The summed E-state index contributed by atoms with van der Waals surface area (Å²) >= 11 is 5.83. The van der Waals surface area contributed by atoms with Gasteiger partial charge in [0.25, 0.3) is 0 Å². The fraction of sp³-hybridized carbons (Fsp3) is 0.333. The van der Waals surface area contributed by atoms with E-state index in [0.29, 0.717) is 0 Å². The molecule has 0 bridgehead atoms. The van der Waals surface area contributed by atoms with Crippen molar-refractivity contribution in [1.82, 2.24) is 0 Å². The van der Waals surface area contributed by atoms with Gasteiger partial charge in [0.05, 0.1) is 0 Å². The molecule has 12 heavy (non-hydrogen) atoms. The van der Waals surface area contributed by atoms with Gasteiger partial charge in [0.1, 0.15) is 0 Å². The quantitative estimate of drug-likeness (QED) is 0.690. The fourth-order valence-corrected chi connectivity index (χ4v) is 1.79. The molecule has 1 aliphatic rings. The summed E-state index contributed by atoms with van der Waals surface area (Å²) in [6.45, 7) is 0. The van der Waals surface area contributed by atoms with Crippen LogP contribution in [-0.4, -0.2) is 0 Å². The summed E-state index contributed by atoms with van der Waals surface area (Å²) in [5.74, 6) is 0. The Morgan fingerprint density at radius 3 is 2.92 bits per heavy atom. The van der Waals surface area contributed by atoms with Crippen LogP contribution >= 0.6 is 24.0 Å². The van der Waals surface area contributed by atoms with Gasteiger partial charge in [-0.3, -0.25) is 0 Å². The highest BCUT2D eigenvalue weighted by Gasteiger charge is 2.18. The van der Waals surface area contributed by atoms with Gasteiger partial charge >= 0.3 is 0 Å². The predicted octanol–water partition coefficient (Wildman–Crippen LogP) is 2.71. The Balaban J connectivity index is 0.000000720. The fourth-order valence-electron chi connectivity index (χ4n) is 1.61. The number of benzene rings is 1. The number of rotatable bonds is 0. The molecule has 1 atom stereocenters. The van der Waals surface area contributed by atoms with E-state index in [1.807, 2.05) is 12.1 Å². The summed E-state index contributed by atoms with van der Waals surface area (Å²) in [6.07, 6.45) is 2.17. The number of nitrogens with two attached hydrogens (primary N) is 1. The summed E-state index contributed by atoms with van der Waals surface area (Å²) in [5.41, 5.74) is 8.45. The van der Waals surface area contributed by atoms with Gasteiger partial charge in [0.15, 0.2) is 0 Å². The largest absolute Gasteiger partial charge is 0.324 e. The second-order valence-electron chi connectivity index (χ2n) is 2.99. The molecule has 1 aromatic rings. The average molecular weight is 204 g/mol. The van der Waals surface area contributed by atoms with Crippen LogP contribution in [0.5, 0.6) is 0 Å². The molecule has 0 amide bonds. The van der Waals surface area contributed by atoms with Crippen LogP contribution in [0, 0.1) is 0 Å². The first-order valence-corrected chi connectivity index (χ1v) is 4.19. The van der Waals surface area contributed by atoms with Crippen molar-refractivity contribution < 1.29 is 0 Å². The molecular weight excluding hydrogens is 193 g/mol. The van der Waals surface area contributed by atoms with Crippen molar-refractivity contribution in [3.8, 4) is 0 Å². The molecular formula is C9H11Cl2N. The van der Waals surface area contributed by atoms with Crippen molar-refractivity contribution in [2.24, 2.45) is 5.73 Å². The van der Waals surface area contributed by atoms with Crippen molar-refractivity contribution >= 4 is 24.0 Å². The molecule has 0 spiro atoms. The van der Waals surface area contributed by atoms with Crippen molar-refractivity contribution in [1.29, 1.82) is 0 Å². The third-order valence-corrected chi connectivity index (χ3v) is 2.47. The molecule has 2 N–H and O–H groups in total. The minimum absolute atomic E-state index is 0. The Morgan fingerprint density at radius 2 is 2.17 bits per heavy atom. The highest BCUT2D eigenvalue weighted by Crippen LogP contribution is 2.30. The second-order valence-corrected chi connectivity index (χ2v) is 3.42. The van der Waals surface area contributed by atoms with E-state index in [9.17, 15) is 0 Å². The number of hydrogen-bond donors (Lipinski definition) is 1. The molecule has 0 aromatic heterocycles. The van der Waals surface area contributed by atoms with Crippen LogP contribution in [0.4, 0.5) is 0 Å². The SMILES string of the molecule is Cl.N[C@@H]1CCc2ccc(Cl)cc21. The van der Waals surface area contributed by atoms with Crippen LogP contribution in [0.3, 0.4) is 0 Å². The normalized spacial score (nSPS) is 20.0. The maximum absolute atomic E-state index is 5.86. The third-order valence-electron chi connectivity index (χ3n) is 2.23. The van der Waals surface area contributed by atoms with Crippen molar-refractivity contribution in [3.05, 3.63) is 34.3 Å². The van der Waals surface area contributed by atoms with E-state index in [-0.39, 0.29) is 18.4 Å². The zero-order valence-electron chi connectivity index (χ0n) is 6.59. The van der Waals surface area contributed by atoms with Crippen LogP contribution in [0.15, 0.2) is 18.2 Å². The third kappa shape index (κ3) is 1.58. The molecule has 3 heteroatoms. The van der Waals surface area contributed by atoms with Gasteiger partial charge in [-0.25, -0.2) is 0 Å². The predicted molar refractivity (Wildman–Crippen MR) is 53.9 cm³/mol. The molecule has 1 aromatic carbocycles. The van der Waals surface area contributed by atoms with Crippen molar-refractivity contribution in [2.45, 2.75) is 18.9 Å². The molecule has 0 aliphatic heterocycles. The van der Waals surface area contributed by atoms with Gasteiger partial charge in [-0.1, -0.05) is 17.7 Å². The number of fused-ring (bicyclic) bond motifs is 1. The van der Waals surface area contributed by atoms with E-state index in [4.69, 9.17) is 17.3 Å². The number of aryl methyl sites for hydroxylation is 1. The van der Waals surface area contributed by atoms with E-state index in [2.05, 4.69) is 6.07 Å². The minimum atomic E-state index is 0. The first kappa shape index (κ1) is 9.85. The van der Waals surface area contributed by atoms with E-state index >= 15 is 0 Å². The van der Waals surface area contributed by atoms with Crippen LogP contribution in [0.1, 0.15) is 23.6 Å². The van der Waals surface area contributed by atoms with Crippen molar-refractivity contribution in [2.75, 3.05) is 0 Å². The molecule has 0 radical (unpaired) electrons. The van der Waals surface area contributed by atoms with E-state index < -0.39 is 0 Å². The molecule has 1 nitrogen and oxygen atoms in total. The van der Waals surface area contributed by atoms with Gasteiger partial charge < -0.3 is 5.73 Å². The van der Waals surface area contributed by atoms with Crippen LogP contribution in [0.25, 0.3) is 0 Å². The molecule has 0 saturated heterocycles. The standard InChI is InChI=1S/C9H10ClN.ClH/c10-7-3-1-6-2-4-9(11)8(6)5-7;/h1,3,5,9H,2,4,11H2;1H/t9-;/m1./s1. The average Bonchev–Trinajstić information content (AvgIpc) is 2.33. The number of hydrogen-bond acceptors (Lipinski definition) is 1.